The molecule has 0 radical (unpaired) electrons. The van der Waals surface area contributed by atoms with Gasteiger partial charge in [0, 0.05) is 17.3 Å². The number of amides is 1. The van der Waals surface area contributed by atoms with Gasteiger partial charge < -0.3 is 27.8 Å². The van der Waals surface area contributed by atoms with Crippen molar-refractivity contribution in [2.45, 2.75) is 52.7 Å². The van der Waals surface area contributed by atoms with Gasteiger partial charge in [0.1, 0.15) is 6.61 Å². The van der Waals surface area contributed by atoms with Gasteiger partial charge in [0.2, 0.25) is 0 Å². The number of carbonyl (C=O) groups excluding carboxylic acids is 1. The third kappa shape index (κ3) is 6.87. The zero-order valence-electron chi connectivity index (χ0n) is 24.2. The molecule has 1 amide bonds. The molecule has 2 aromatic carbocycles. The van der Waals surface area contributed by atoms with Gasteiger partial charge in [-0.3, -0.25) is 19.7 Å². The summed E-state index contributed by atoms with van der Waals surface area (Å²) in [4.78, 5) is 44.9. The van der Waals surface area contributed by atoms with E-state index in [0.717, 1.165) is 23.0 Å². The van der Waals surface area contributed by atoms with Crippen LogP contribution in [0.4, 0.5) is 23.7 Å². The van der Waals surface area contributed by atoms with E-state index in [1.165, 1.54) is 30.5 Å². The molecule has 3 aromatic heterocycles. The first-order chi connectivity index (χ1) is 21.1. The summed E-state index contributed by atoms with van der Waals surface area (Å²) in [5, 5.41) is 2.84. The predicted molar refractivity (Wildman–Crippen MR) is 157 cm³/mol. The smallest absolute Gasteiger partial charge is 0.418 e. The molecule has 0 saturated heterocycles. The minimum absolute atomic E-state index is 0.0470. The average Bonchev–Trinajstić information content (AvgIpc) is 3.57. The van der Waals surface area contributed by atoms with Crippen LogP contribution in [-0.2, 0) is 31.1 Å². The van der Waals surface area contributed by atoms with Gasteiger partial charge >= 0.3 is 25.6 Å². The van der Waals surface area contributed by atoms with E-state index in [4.69, 9.17) is 18.2 Å². The van der Waals surface area contributed by atoms with E-state index >= 15 is 0 Å². The molecule has 0 fully saturated rings. The highest BCUT2D eigenvalue weighted by Crippen LogP contribution is 2.49. The number of nitrogens with zero attached hydrogens (tertiary/aromatic N) is 2. The molecule has 0 unspecified atom stereocenters. The molecule has 0 aliphatic heterocycles. The van der Waals surface area contributed by atoms with E-state index in [1.807, 2.05) is 0 Å². The van der Waals surface area contributed by atoms with Crippen molar-refractivity contribution >= 4 is 46.7 Å². The second kappa shape index (κ2) is 12.0. The number of nitrogens with one attached hydrogen (secondary N) is 3. The fraction of sp³-hybridized carbons (Fsp3) is 0.286. The fourth-order valence-electron chi connectivity index (χ4n) is 4.47. The number of rotatable bonds is 9. The molecule has 0 aliphatic rings. The molecule has 0 spiro atoms. The summed E-state index contributed by atoms with van der Waals surface area (Å²) in [6.07, 6.45) is -4.12. The van der Waals surface area contributed by atoms with Crippen molar-refractivity contribution in [1.29, 1.82) is 0 Å². The largest absolute Gasteiger partial charge is 0.443 e. The zero-order valence-corrected chi connectivity index (χ0v) is 25.1. The van der Waals surface area contributed by atoms with Gasteiger partial charge in [0.15, 0.2) is 11.1 Å². The number of hydrogen-bond acceptors (Lipinski definition) is 9. The molecule has 0 aliphatic carbocycles. The lowest BCUT2D eigenvalue weighted by Gasteiger charge is -2.23. The van der Waals surface area contributed by atoms with Crippen LogP contribution in [0.1, 0.15) is 39.0 Å². The van der Waals surface area contributed by atoms with E-state index < -0.39 is 43.4 Å². The van der Waals surface area contributed by atoms with Crippen LogP contribution in [0.5, 0.6) is 0 Å². The summed E-state index contributed by atoms with van der Waals surface area (Å²) in [7, 11) is -3.62. The van der Waals surface area contributed by atoms with Gasteiger partial charge in [-0.05, 0) is 64.1 Å². The van der Waals surface area contributed by atoms with E-state index in [-0.39, 0.29) is 45.6 Å². The Hall–Kier alpha value is -4.66. The summed E-state index contributed by atoms with van der Waals surface area (Å²) in [5.41, 5.74) is -2.49. The molecular weight excluding hydrogens is 622 g/mol. The standard InChI is InChI=1S/C28H27F3N5O8P/c1-14(2)43-45(40,44-15(3)4)18-7-5-16(6-8-18)33-26(38)41-12-17-11-36(13-32-17)22-9-19-21(10-20(22)28(29,30)31)34-25(37)23-24(19)42-27(39)35-23/h5-11,13-15H,12H2,1-4H3,(H,33,38)(H,34,37)(H,35,39). The Bertz CT molecular complexity index is 2030. The summed E-state index contributed by atoms with van der Waals surface area (Å²) >= 11 is 0. The van der Waals surface area contributed by atoms with Crippen LogP contribution in [0.2, 0.25) is 0 Å². The lowest BCUT2D eigenvalue weighted by Crippen LogP contribution is -2.18. The van der Waals surface area contributed by atoms with Gasteiger partial charge in [-0.2, -0.15) is 13.2 Å². The first-order valence-electron chi connectivity index (χ1n) is 13.5. The second-order valence-electron chi connectivity index (χ2n) is 10.4. The topological polar surface area (TPSA) is 171 Å². The van der Waals surface area contributed by atoms with E-state index in [2.05, 4.69) is 20.3 Å². The third-order valence-corrected chi connectivity index (χ3v) is 8.53. The number of ether oxygens (including phenoxy) is 1. The first kappa shape index (κ1) is 31.8. The molecule has 17 heteroatoms. The Morgan fingerprint density at radius 1 is 1.07 bits per heavy atom. The first-order valence-corrected chi connectivity index (χ1v) is 15.0. The molecule has 13 nitrogen and oxygen atoms in total. The number of fused-ring (bicyclic) bond motifs is 3. The number of anilines is 1. The Labute approximate surface area is 251 Å². The quantitative estimate of drug-likeness (QED) is 0.172. The van der Waals surface area contributed by atoms with Crippen LogP contribution in [0.25, 0.3) is 27.7 Å². The lowest BCUT2D eigenvalue weighted by atomic mass is 10.1. The number of imidazole rings is 1. The number of halogens is 3. The number of pyridine rings is 1. The minimum Gasteiger partial charge on any atom is -0.443 e. The van der Waals surface area contributed by atoms with Crippen molar-refractivity contribution in [2.24, 2.45) is 0 Å². The van der Waals surface area contributed by atoms with Crippen LogP contribution in [-0.4, -0.2) is 37.8 Å². The van der Waals surface area contributed by atoms with Crippen LogP contribution >= 0.6 is 7.60 Å². The predicted octanol–water partition coefficient (Wildman–Crippen LogP) is 5.58. The SMILES string of the molecule is CC(C)OP(=O)(OC(C)C)c1ccc(NC(=O)OCc2cn(-c3cc4c(cc3C(F)(F)F)[nH]c(=O)c3[nH]c(=O)oc34)cn2)cc1. The number of oxazole rings is 1. The monoisotopic (exact) mass is 649 g/mol. The molecule has 3 N–H and O–H groups in total. The zero-order chi connectivity index (χ0) is 32.7. The Morgan fingerprint density at radius 2 is 1.73 bits per heavy atom. The molecule has 0 atom stereocenters. The van der Waals surface area contributed by atoms with Crippen molar-refractivity contribution in [3.63, 3.8) is 0 Å². The Morgan fingerprint density at radius 3 is 2.36 bits per heavy atom. The summed E-state index contributed by atoms with van der Waals surface area (Å²) in [6.45, 7) is 6.52. The molecular formula is C28H27F3N5O8P. The van der Waals surface area contributed by atoms with Gasteiger partial charge in [-0.15, -0.1) is 0 Å². The summed E-state index contributed by atoms with van der Waals surface area (Å²) < 4.78 is 77.8. The molecule has 5 rings (SSSR count). The average molecular weight is 650 g/mol. The molecule has 5 aromatic rings. The normalized spacial score (nSPS) is 12.5. The van der Waals surface area contributed by atoms with Crippen LogP contribution in [0.3, 0.4) is 0 Å². The Balaban J connectivity index is 1.33. The highest BCUT2D eigenvalue weighted by Gasteiger charge is 2.35. The lowest BCUT2D eigenvalue weighted by molar-refractivity contribution is -0.137. The van der Waals surface area contributed by atoms with Crippen molar-refractivity contribution in [1.82, 2.24) is 19.5 Å². The van der Waals surface area contributed by atoms with Crippen LogP contribution in [0, 0.1) is 0 Å². The number of H-pyrrole nitrogens is 2. The summed E-state index contributed by atoms with van der Waals surface area (Å²) in [6, 6.07) is 7.80. The molecule has 0 saturated carbocycles. The minimum atomic E-state index is -4.83. The van der Waals surface area contributed by atoms with E-state index in [9.17, 15) is 32.1 Å². The maximum atomic E-state index is 14.0. The van der Waals surface area contributed by atoms with Gasteiger partial charge in [-0.25, -0.2) is 14.6 Å². The maximum absolute atomic E-state index is 14.0. The number of aromatic nitrogens is 4. The third-order valence-electron chi connectivity index (χ3n) is 6.20. The number of benzene rings is 2. The molecule has 0 bridgehead atoms. The highest BCUT2D eigenvalue weighted by atomic mass is 31.2. The number of hydrogen-bond donors (Lipinski definition) is 3. The second-order valence-corrected chi connectivity index (χ2v) is 12.3. The number of alkyl halides is 3. The van der Waals surface area contributed by atoms with Crippen molar-refractivity contribution < 1.29 is 40.7 Å². The van der Waals surface area contributed by atoms with Gasteiger partial charge in [0.05, 0.1) is 46.3 Å². The molecule has 238 valence electrons. The molecule has 3 heterocycles. The van der Waals surface area contributed by atoms with Gasteiger partial charge in [0.25, 0.3) is 5.56 Å². The number of carbonyl (C=O) groups is 1. The highest BCUT2D eigenvalue weighted by molar-refractivity contribution is 7.62. The van der Waals surface area contributed by atoms with E-state index in [1.54, 1.807) is 27.7 Å². The number of aromatic amines is 2. The van der Waals surface area contributed by atoms with Crippen LogP contribution < -0.4 is 21.9 Å². The van der Waals surface area contributed by atoms with Crippen molar-refractivity contribution in [2.75, 3.05) is 5.32 Å². The molecule has 45 heavy (non-hydrogen) atoms. The van der Waals surface area contributed by atoms with E-state index in [0.29, 0.717) is 11.0 Å². The summed E-state index contributed by atoms with van der Waals surface area (Å²) in [5.74, 6) is -0.944. The van der Waals surface area contributed by atoms with Crippen molar-refractivity contribution in [3.05, 3.63) is 81.1 Å². The fourth-order valence-corrected chi connectivity index (χ4v) is 6.39. The van der Waals surface area contributed by atoms with Crippen molar-refractivity contribution in [3.8, 4) is 5.69 Å². The van der Waals surface area contributed by atoms with Gasteiger partial charge in [-0.1, -0.05) is 0 Å². The van der Waals surface area contributed by atoms with Crippen LogP contribution in [0.15, 0.2) is 62.9 Å². The Kier molecular flexibility index (Phi) is 8.49. The maximum Gasteiger partial charge on any atom is 0.418 e.